The quantitative estimate of drug-likeness (QED) is 0.770. The lowest BCUT2D eigenvalue weighted by atomic mass is 10.0. The molecule has 1 aromatic rings. The third-order valence-electron chi connectivity index (χ3n) is 3.21. The molecule has 3 N–H and O–H groups in total. The lowest BCUT2D eigenvalue weighted by Crippen LogP contribution is -2.39. The molecule has 0 atom stereocenters. The summed E-state index contributed by atoms with van der Waals surface area (Å²) in [7, 11) is 1.86. The van der Waals surface area contributed by atoms with E-state index >= 15 is 0 Å². The van der Waals surface area contributed by atoms with Crippen molar-refractivity contribution in [1.29, 1.82) is 0 Å². The van der Waals surface area contributed by atoms with E-state index in [-0.39, 0.29) is 0 Å². The van der Waals surface area contributed by atoms with Crippen LogP contribution >= 0.6 is 0 Å². The maximum Gasteiger partial charge on any atom is 0.317 e. The van der Waals surface area contributed by atoms with E-state index in [1.54, 1.807) is 0 Å². The van der Waals surface area contributed by atoms with E-state index in [4.69, 9.17) is 10.2 Å². The average molecular weight is 240 g/mol. The van der Waals surface area contributed by atoms with E-state index < -0.39 is 5.60 Å². The molecule has 1 heterocycles. The predicted octanol–water partition coefficient (Wildman–Crippen LogP) is 0.312. The molecule has 0 aromatic carbocycles. The van der Waals surface area contributed by atoms with Gasteiger partial charge in [-0.25, -0.2) is 0 Å². The van der Waals surface area contributed by atoms with Crippen LogP contribution in [-0.4, -0.2) is 41.0 Å². The Bertz CT molecular complexity index is 360. The summed E-state index contributed by atoms with van der Waals surface area (Å²) in [6.07, 6.45) is 4.46. The summed E-state index contributed by atoms with van der Waals surface area (Å²) in [5, 5.41) is 18.1. The molecule has 0 saturated heterocycles. The SMILES string of the molecule is CN(CC1(O)CCCC1)c1nnc(CCN)o1. The second-order valence-electron chi connectivity index (χ2n) is 4.80. The molecule has 96 valence electrons. The molecule has 1 saturated carbocycles. The highest BCUT2D eigenvalue weighted by Crippen LogP contribution is 2.30. The van der Waals surface area contributed by atoms with Crippen molar-refractivity contribution >= 4 is 6.01 Å². The first-order valence-corrected chi connectivity index (χ1v) is 6.09. The zero-order valence-corrected chi connectivity index (χ0v) is 10.2. The van der Waals surface area contributed by atoms with Gasteiger partial charge < -0.3 is 20.2 Å². The average Bonchev–Trinajstić information content (AvgIpc) is 2.88. The summed E-state index contributed by atoms with van der Waals surface area (Å²) in [5.41, 5.74) is 4.82. The Morgan fingerprint density at radius 1 is 1.41 bits per heavy atom. The molecular weight excluding hydrogens is 220 g/mol. The highest BCUT2D eigenvalue weighted by Gasteiger charge is 2.33. The number of nitrogens with zero attached hydrogens (tertiary/aromatic N) is 3. The minimum atomic E-state index is -0.600. The molecule has 17 heavy (non-hydrogen) atoms. The van der Waals surface area contributed by atoms with Crippen molar-refractivity contribution in [3.8, 4) is 0 Å². The third-order valence-corrected chi connectivity index (χ3v) is 3.21. The van der Waals surface area contributed by atoms with Crippen molar-refractivity contribution in [1.82, 2.24) is 10.2 Å². The van der Waals surface area contributed by atoms with Gasteiger partial charge in [-0.05, 0) is 12.8 Å². The van der Waals surface area contributed by atoms with Gasteiger partial charge in [-0.15, -0.1) is 5.10 Å². The first kappa shape index (κ1) is 12.3. The van der Waals surface area contributed by atoms with Crippen LogP contribution in [0.25, 0.3) is 0 Å². The van der Waals surface area contributed by atoms with Crippen LogP contribution in [0.2, 0.25) is 0 Å². The Labute approximate surface area is 101 Å². The summed E-state index contributed by atoms with van der Waals surface area (Å²) in [6.45, 7) is 1.03. The van der Waals surface area contributed by atoms with Crippen molar-refractivity contribution in [2.75, 3.05) is 25.0 Å². The maximum atomic E-state index is 10.3. The van der Waals surface area contributed by atoms with E-state index in [2.05, 4.69) is 10.2 Å². The highest BCUT2D eigenvalue weighted by molar-refractivity contribution is 5.23. The molecule has 0 aliphatic heterocycles. The van der Waals surface area contributed by atoms with E-state index in [1.165, 1.54) is 0 Å². The predicted molar refractivity (Wildman–Crippen MR) is 63.7 cm³/mol. The summed E-state index contributed by atoms with van der Waals surface area (Å²) < 4.78 is 5.45. The molecule has 0 spiro atoms. The number of hydrogen-bond acceptors (Lipinski definition) is 6. The van der Waals surface area contributed by atoms with Gasteiger partial charge in [0.2, 0.25) is 5.89 Å². The van der Waals surface area contributed by atoms with Crippen LogP contribution in [0.3, 0.4) is 0 Å². The molecule has 1 aliphatic carbocycles. The molecule has 1 aliphatic rings. The number of hydrogen-bond donors (Lipinski definition) is 2. The Balaban J connectivity index is 1.96. The summed E-state index contributed by atoms with van der Waals surface area (Å²) in [6, 6.07) is 0.453. The largest absolute Gasteiger partial charge is 0.408 e. The number of rotatable bonds is 5. The van der Waals surface area contributed by atoms with Crippen LogP contribution in [0.4, 0.5) is 6.01 Å². The highest BCUT2D eigenvalue weighted by atomic mass is 16.4. The molecular formula is C11H20N4O2. The maximum absolute atomic E-state index is 10.3. The van der Waals surface area contributed by atoms with E-state index in [0.29, 0.717) is 31.4 Å². The monoisotopic (exact) mass is 240 g/mol. The van der Waals surface area contributed by atoms with Gasteiger partial charge in [-0.1, -0.05) is 17.9 Å². The standard InChI is InChI=1S/C11H20N4O2/c1-15(8-11(16)5-2-3-6-11)10-14-13-9(17-10)4-7-12/h16H,2-8,12H2,1H3. The Hall–Kier alpha value is -1.14. The third kappa shape index (κ3) is 2.95. The summed E-state index contributed by atoms with van der Waals surface area (Å²) in [5.74, 6) is 0.549. The van der Waals surface area contributed by atoms with Crippen molar-refractivity contribution < 1.29 is 9.52 Å². The van der Waals surface area contributed by atoms with Gasteiger partial charge in [0, 0.05) is 20.0 Å². The Morgan fingerprint density at radius 3 is 2.76 bits per heavy atom. The fourth-order valence-corrected chi connectivity index (χ4v) is 2.32. The smallest absolute Gasteiger partial charge is 0.317 e. The molecule has 1 fully saturated rings. The fourth-order valence-electron chi connectivity index (χ4n) is 2.32. The number of nitrogens with two attached hydrogens (primary N) is 1. The second kappa shape index (κ2) is 5.01. The van der Waals surface area contributed by atoms with E-state index in [9.17, 15) is 5.11 Å². The molecule has 2 rings (SSSR count). The van der Waals surface area contributed by atoms with Crippen molar-refractivity contribution in [3.63, 3.8) is 0 Å². The van der Waals surface area contributed by atoms with Crippen LogP contribution in [0.1, 0.15) is 31.6 Å². The minimum absolute atomic E-state index is 0.453. The summed E-state index contributed by atoms with van der Waals surface area (Å²) in [4.78, 5) is 1.82. The zero-order chi connectivity index (χ0) is 12.3. The zero-order valence-electron chi connectivity index (χ0n) is 10.2. The van der Waals surface area contributed by atoms with Gasteiger partial charge in [-0.2, -0.15) is 0 Å². The van der Waals surface area contributed by atoms with E-state index in [0.717, 1.165) is 25.7 Å². The topological polar surface area (TPSA) is 88.4 Å². The minimum Gasteiger partial charge on any atom is -0.408 e. The molecule has 1 aromatic heterocycles. The number of likely N-dealkylation sites (N-methyl/N-ethyl adjacent to an activating group) is 1. The van der Waals surface area contributed by atoms with Gasteiger partial charge in [0.15, 0.2) is 0 Å². The number of anilines is 1. The Morgan fingerprint density at radius 2 is 2.12 bits per heavy atom. The lowest BCUT2D eigenvalue weighted by molar-refractivity contribution is 0.0549. The van der Waals surface area contributed by atoms with Gasteiger partial charge in [0.25, 0.3) is 0 Å². The fraction of sp³-hybridized carbons (Fsp3) is 0.818. The first-order valence-electron chi connectivity index (χ1n) is 6.09. The van der Waals surface area contributed by atoms with E-state index in [1.807, 2.05) is 11.9 Å². The first-order chi connectivity index (χ1) is 8.13. The Kier molecular flexibility index (Phi) is 3.63. The molecule has 0 radical (unpaired) electrons. The van der Waals surface area contributed by atoms with Gasteiger partial charge in [-0.3, -0.25) is 0 Å². The molecule has 0 bridgehead atoms. The molecule has 0 unspecified atom stereocenters. The lowest BCUT2D eigenvalue weighted by Gasteiger charge is -2.27. The van der Waals surface area contributed by atoms with Crippen LogP contribution in [-0.2, 0) is 6.42 Å². The normalized spacial score (nSPS) is 18.5. The molecule has 0 amide bonds. The van der Waals surface area contributed by atoms with Crippen LogP contribution < -0.4 is 10.6 Å². The molecule has 6 nitrogen and oxygen atoms in total. The van der Waals surface area contributed by atoms with Gasteiger partial charge >= 0.3 is 6.01 Å². The summed E-state index contributed by atoms with van der Waals surface area (Å²) >= 11 is 0. The van der Waals surface area contributed by atoms with Crippen LogP contribution in [0.15, 0.2) is 4.42 Å². The van der Waals surface area contributed by atoms with Gasteiger partial charge in [0.05, 0.1) is 12.1 Å². The molecule has 6 heteroatoms. The van der Waals surface area contributed by atoms with Crippen molar-refractivity contribution in [3.05, 3.63) is 5.89 Å². The van der Waals surface area contributed by atoms with Crippen LogP contribution in [0, 0.1) is 0 Å². The second-order valence-corrected chi connectivity index (χ2v) is 4.80. The van der Waals surface area contributed by atoms with Gasteiger partial charge in [0.1, 0.15) is 0 Å². The van der Waals surface area contributed by atoms with Crippen molar-refractivity contribution in [2.45, 2.75) is 37.7 Å². The number of aliphatic hydroxyl groups is 1. The van der Waals surface area contributed by atoms with Crippen LogP contribution in [0.5, 0.6) is 0 Å². The van der Waals surface area contributed by atoms with Crippen molar-refractivity contribution in [2.24, 2.45) is 5.73 Å². The number of aromatic nitrogens is 2.